The summed E-state index contributed by atoms with van der Waals surface area (Å²) in [4.78, 5) is 0. The molecule has 0 saturated heterocycles. The van der Waals surface area contributed by atoms with E-state index in [2.05, 4.69) is 206 Å². The van der Waals surface area contributed by atoms with E-state index in [4.69, 9.17) is 0 Å². The van der Waals surface area contributed by atoms with E-state index in [1.165, 1.54) is 31.8 Å². The first kappa shape index (κ1) is 35.5. The third-order valence-electron chi connectivity index (χ3n) is 7.47. The minimum Gasteiger partial charge on any atom is -0.0622 e. The first-order valence-electron chi connectivity index (χ1n) is 15.9. The van der Waals surface area contributed by atoms with Crippen LogP contribution in [0.1, 0.15) is 0 Å². The van der Waals surface area contributed by atoms with Crippen LogP contribution in [0, 0.1) is 24.3 Å². The number of hydrogen-bond donors (Lipinski definition) is 0. The second-order valence-corrected chi connectivity index (χ2v) is 15.2. The largest absolute Gasteiger partial charge is 0.0622 e. The van der Waals surface area contributed by atoms with Crippen LogP contribution in [0.15, 0.2) is 206 Å². The second-order valence-electron chi connectivity index (χ2n) is 10.7. The van der Waals surface area contributed by atoms with Crippen LogP contribution < -0.4 is 31.8 Å². The third-order valence-corrected chi connectivity index (χ3v) is 12.4. The van der Waals surface area contributed by atoms with Gasteiger partial charge in [0, 0.05) is 31.8 Å². The predicted molar refractivity (Wildman–Crippen MR) is 210 cm³/mol. The quantitative estimate of drug-likeness (QED) is 0.147. The van der Waals surface area contributed by atoms with Gasteiger partial charge in [0.05, 0.1) is 0 Å². The van der Waals surface area contributed by atoms with Crippen LogP contribution in [0.2, 0.25) is 0 Å². The van der Waals surface area contributed by atoms with Gasteiger partial charge in [-0.15, -0.1) is 0 Å². The molecule has 0 amide bonds. The Balaban J connectivity index is 0.000000149. The van der Waals surface area contributed by atoms with Gasteiger partial charge in [0.25, 0.3) is 0 Å². The third kappa shape index (κ3) is 10.1. The van der Waals surface area contributed by atoms with Crippen LogP contribution >= 0.6 is 15.8 Å². The molecule has 0 heterocycles. The van der Waals surface area contributed by atoms with Crippen LogP contribution in [-0.2, 0) is 21.1 Å². The molecule has 0 radical (unpaired) electrons. The van der Waals surface area contributed by atoms with Crippen molar-refractivity contribution in [1.29, 1.82) is 0 Å². The minimum absolute atomic E-state index is 0. The van der Waals surface area contributed by atoms with E-state index >= 15 is 0 Å². The molecule has 0 atom stereocenters. The molecule has 49 heavy (non-hydrogen) atoms. The molecule has 0 aliphatic heterocycles. The van der Waals surface area contributed by atoms with Crippen molar-refractivity contribution in [2.75, 3.05) is 0 Å². The Morgan fingerprint density at radius 3 is 0.633 bits per heavy atom. The molecule has 0 spiro atoms. The SMILES string of the molecule is [Pt].c1c#cc2ccccc2c#1.c1ccc(P(c2ccccc2)c2ccccc2)cc1.c1ccc(P(c2ccccc2)c2ccccc2)cc1. The molecular formula is C46H34P2Pt. The van der Waals surface area contributed by atoms with Gasteiger partial charge in [0.2, 0.25) is 0 Å². The van der Waals surface area contributed by atoms with Crippen LogP contribution in [-0.4, -0.2) is 0 Å². The van der Waals surface area contributed by atoms with Gasteiger partial charge >= 0.3 is 0 Å². The molecule has 3 heteroatoms. The Morgan fingerprint density at radius 1 is 0.245 bits per heavy atom. The van der Waals surface area contributed by atoms with Crippen molar-refractivity contribution >= 4 is 58.4 Å². The average molecular weight is 844 g/mol. The Hall–Kier alpha value is -4.79. The van der Waals surface area contributed by atoms with E-state index < -0.39 is 15.8 Å². The summed E-state index contributed by atoms with van der Waals surface area (Å²) < 4.78 is 0. The summed E-state index contributed by atoms with van der Waals surface area (Å²) >= 11 is 0. The first-order valence-corrected chi connectivity index (χ1v) is 18.6. The van der Waals surface area contributed by atoms with Crippen LogP contribution in [0.5, 0.6) is 0 Å². The van der Waals surface area contributed by atoms with Crippen molar-refractivity contribution in [1.82, 2.24) is 0 Å². The fourth-order valence-electron chi connectivity index (χ4n) is 5.26. The zero-order chi connectivity index (χ0) is 32.6. The maximum atomic E-state index is 2.94. The predicted octanol–water partition coefficient (Wildman–Crippen LogP) is 8.93. The van der Waals surface area contributed by atoms with Crippen molar-refractivity contribution in [2.45, 2.75) is 0 Å². The molecule has 8 aromatic carbocycles. The monoisotopic (exact) mass is 843 g/mol. The molecule has 0 nitrogen and oxygen atoms in total. The molecule has 8 rings (SSSR count). The maximum Gasteiger partial charge on any atom is 0.0412 e. The fourth-order valence-corrected chi connectivity index (χ4v) is 9.87. The molecule has 0 unspecified atom stereocenters. The molecule has 0 N–H and O–H groups in total. The normalized spacial score (nSPS) is 9.92. The van der Waals surface area contributed by atoms with Crippen molar-refractivity contribution in [2.24, 2.45) is 0 Å². The smallest absolute Gasteiger partial charge is 0.0412 e. The van der Waals surface area contributed by atoms with Gasteiger partial charge in [-0.25, -0.2) is 0 Å². The Morgan fingerprint density at radius 2 is 0.429 bits per heavy atom. The van der Waals surface area contributed by atoms with Crippen LogP contribution in [0.25, 0.3) is 10.8 Å². The first-order chi connectivity index (χ1) is 23.9. The van der Waals surface area contributed by atoms with Crippen molar-refractivity contribution in [3.63, 3.8) is 0 Å². The van der Waals surface area contributed by atoms with Gasteiger partial charge in [0.15, 0.2) is 0 Å². The molecular weight excluding hydrogens is 810 g/mol. The van der Waals surface area contributed by atoms with E-state index in [1.54, 1.807) is 0 Å². The Kier molecular flexibility index (Phi) is 14.0. The summed E-state index contributed by atoms with van der Waals surface area (Å²) in [6.07, 6.45) is 0. The van der Waals surface area contributed by atoms with Crippen molar-refractivity contribution < 1.29 is 21.1 Å². The van der Waals surface area contributed by atoms with Crippen LogP contribution in [0.3, 0.4) is 0 Å². The molecule has 0 aliphatic rings. The average Bonchev–Trinajstić information content (AvgIpc) is 3.18. The molecule has 238 valence electrons. The van der Waals surface area contributed by atoms with Crippen LogP contribution in [0.4, 0.5) is 0 Å². The summed E-state index contributed by atoms with van der Waals surface area (Å²) in [5, 5.41) is 10.5. The molecule has 0 bridgehead atoms. The van der Waals surface area contributed by atoms with Crippen molar-refractivity contribution in [3.8, 4) is 0 Å². The minimum atomic E-state index is -0.446. The fraction of sp³-hybridized carbons (Fsp3) is 0. The maximum absolute atomic E-state index is 2.94. The Labute approximate surface area is 308 Å². The van der Waals surface area contributed by atoms with Gasteiger partial charge in [-0.1, -0.05) is 206 Å². The summed E-state index contributed by atoms with van der Waals surface area (Å²) in [5.74, 6) is 0. The van der Waals surface area contributed by atoms with E-state index in [0.717, 1.165) is 10.8 Å². The topological polar surface area (TPSA) is 0 Å². The number of fused-ring (bicyclic) bond motifs is 1. The number of benzene rings is 7. The Bertz CT molecular complexity index is 1690. The standard InChI is InChI=1S/2C18H15P.C10H4.Pt/c2*1-4-10-16(11-5-1)19(17-12-6-2-7-13-17)18-14-8-3-9-15-18;1-2-6-10-8-4-3-7-9(10)5-1;/h2*1-15H;1-2,5-6H;. The molecule has 0 aliphatic carbocycles. The zero-order valence-corrected chi connectivity index (χ0v) is 30.9. The van der Waals surface area contributed by atoms with E-state index in [-0.39, 0.29) is 21.1 Å². The number of rotatable bonds is 6. The van der Waals surface area contributed by atoms with Gasteiger partial charge < -0.3 is 0 Å². The molecule has 0 saturated carbocycles. The van der Waals surface area contributed by atoms with E-state index in [9.17, 15) is 0 Å². The van der Waals surface area contributed by atoms with Gasteiger partial charge in [0.1, 0.15) is 0 Å². The molecule has 0 fully saturated rings. The second kappa shape index (κ2) is 19.3. The summed E-state index contributed by atoms with van der Waals surface area (Å²) in [5.41, 5.74) is 0. The number of hydrogen-bond acceptors (Lipinski definition) is 0. The van der Waals surface area contributed by atoms with Gasteiger partial charge in [-0.3, -0.25) is 0 Å². The van der Waals surface area contributed by atoms with Crippen molar-refractivity contribution in [3.05, 3.63) is 231 Å². The summed E-state index contributed by atoms with van der Waals surface area (Å²) in [6.45, 7) is 0. The molecule has 8 aromatic rings. The van der Waals surface area contributed by atoms with Gasteiger partial charge in [-0.2, -0.15) is 0 Å². The van der Waals surface area contributed by atoms with E-state index in [0.29, 0.717) is 0 Å². The zero-order valence-electron chi connectivity index (χ0n) is 26.8. The summed E-state index contributed by atoms with van der Waals surface area (Å²) in [7, 11) is -0.892. The van der Waals surface area contributed by atoms with E-state index in [1.807, 2.05) is 24.3 Å². The molecule has 0 aromatic heterocycles. The summed E-state index contributed by atoms with van der Waals surface area (Å²) in [6, 6.07) is 83.9. The van der Waals surface area contributed by atoms with Gasteiger partial charge in [-0.05, 0) is 71.9 Å².